The standard InChI is InChI=1S/C18H26N2O4.ClH/c1-3-13-23-17(21)16(11-7-8-12-19-2)20-18(22)24-14-15-9-5-4-6-10-15;/h3-6,9-10,16,19H,1,7-8,11-14H2,2H3,(H,20,22);1H. The number of esters is 1. The number of nitrogens with one attached hydrogen (secondary N) is 2. The molecule has 0 heterocycles. The third kappa shape index (κ3) is 10.4. The van der Waals surface area contributed by atoms with Gasteiger partial charge in [0, 0.05) is 0 Å². The summed E-state index contributed by atoms with van der Waals surface area (Å²) in [6.07, 6.45) is 3.05. The van der Waals surface area contributed by atoms with Crippen LogP contribution in [0.1, 0.15) is 24.8 Å². The van der Waals surface area contributed by atoms with Crippen molar-refractivity contribution in [3.8, 4) is 0 Å². The highest BCUT2D eigenvalue weighted by Crippen LogP contribution is 2.05. The summed E-state index contributed by atoms with van der Waals surface area (Å²) in [5.41, 5.74) is 0.882. The Morgan fingerprint density at radius 2 is 1.92 bits per heavy atom. The first-order valence-electron chi connectivity index (χ1n) is 8.06. The van der Waals surface area contributed by atoms with Crippen LogP contribution < -0.4 is 10.6 Å². The maximum Gasteiger partial charge on any atom is 0.408 e. The molecule has 0 aliphatic rings. The van der Waals surface area contributed by atoms with Gasteiger partial charge in [-0.15, -0.1) is 12.4 Å². The molecule has 0 radical (unpaired) electrons. The molecule has 0 aromatic heterocycles. The molecule has 0 bridgehead atoms. The van der Waals surface area contributed by atoms with Gasteiger partial charge < -0.3 is 20.1 Å². The van der Waals surface area contributed by atoms with Crippen molar-refractivity contribution in [2.45, 2.75) is 31.9 Å². The molecule has 6 nitrogen and oxygen atoms in total. The summed E-state index contributed by atoms with van der Waals surface area (Å²) in [6.45, 7) is 4.63. The van der Waals surface area contributed by atoms with Crippen LogP contribution in [-0.4, -0.2) is 38.3 Å². The molecule has 2 N–H and O–H groups in total. The van der Waals surface area contributed by atoms with Crippen molar-refractivity contribution in [2.75, 3.05) is 20.2 Å². The topological polar surface area (TPSA) is 76.7 Å². The fourth-order valence-electron chi connectivity index (χ4n) is 2.05. The summed E-state index contributed by atoms with van der Waals surface area (Å²) in [5.74, 6) is -0.476. The van der Waals surface area contributed by atoms with Gasteiger partial charge >= 0.3 is 12.1 Å². The van der Waals surface area contributed by atoms with Crippen molar-refractivity contribution >= 4 is 24.5 Å². The van der Waals surface area contributed by atoms with Gasteiger partial charge in [0.15, 0.2) is 0 Å². The van der Waals surface area contributed by atoms with E-state index in [4.69, 9.17) is 9.47 Å². The first-order chi connectivity index (χ1) is 11.7. The van der Waals surface area contributed by atoms with E-state index in [-0.39, 0.29) is 25.6 Å². The Balaban J connectivity index is 0.00000576. The molecule has 1 atom stereocenters. The van der Waals surface area contributed by atoms with Gasteiger partial charge in [-0.1, -0.05) is 43.0 Å². The van der Waals surface area contributed by atoms with Gasteiger partial charge in [-0.25, -0.2) is 9.59 Å². The third-order valence-electron chi connectivity index (χ3n) is 3.30. The molecule has 0 spiro atoms. The van der Waals surface area contributed by atoms with E-state index in [1.54, 1.807) is 0 Å². The van der Waals surface area contributed by atoms with Crippen molar-refractivity contribution in [1.82, 2.24) is 10.6 Å². The molecule has 1 aromatic rings. The molecule has 1 rings (SSSR count). The van der Waals surface area contributed by atoms with E-state index in [0.29, 0.717) is 6.42 Å². The van der Waals surface area contributed by atoms with Gasteiger partial charge in [-0.3, -0.25) is 0 Å². The number of hydrogen-bond acceptors (Lipinski definition) is 5. The molecular formula is C18H27ClN2O4. The van der Waals surface area contributed by atoms with Crippen molar-refractivity contribution in [2.24, 2.45) is 0 Å². The molecule has 0 saturated carbocycles. The van der Waals surface area contributed by atoms with E-state index in [0.717, 1.165) is 24.9 Å². The second-order valence-electron chi connectivity index (χ2n) is 5.28. The molecule has 7 heteroatoms. The Labute approximate surface area is 155 Å². The fraction of sp³-hybridized carbons (Fsp3) is 0.444. The zero-order valence-corrected chi connectivity index (χ0v) is 15.3. The smallest absolute Gasteiger partial charge is 0.408 e. The molecule has 140 valence electrons. The Morgan fingerprint density at radius 3 is 2.56 bits per heavy atom. The molecule has 0 saturated heterocycles. The first-order valence-corrected chi connectivity index (χ1v) is 8.06. The minimum absolute atomic E-state index is 0. The van der Waals surface area contributed by atoms with E-state index < -0.39 is 18.1 Å². The van der Waals surface area contributed by atoms with Gasteiger partial charge in [0.05, 0.1) is 0 Å². The first kappa shape index (κ1) is 22.9. The number of halogens is 1. The van der Waals surface area contributed by atoms with Gasteiger partial charge in [0.1, 0.15) is 19.3 Å². The second-order valence-corrected chi connectivity index (χ2v) is 5.28. The number of ether oxygens (including phenoxy) is 2. The quantitative estimate of drug-likeness (QED) is 0.356. The van der Waals surface area contributed by atoms with Crippen LogP contribution in [0, 0.1) is 0 Å². The highest BCUT2D eigenvalue weighted by atomic mass is 35.5. The van der Waals surface area contributed by atoms with Crippen LogP contribution in [0.4, 0.5) is 4.79 Å². The number of carbonyl (C=O) groups excluding carboxylic acids is 2. The number of unbranched alkanes of at least 4 members (excludes halogenated alkanes) is 1. The average molecular weight is 371 g/mol. The Bertz CT molecular complexity index is 511. The average Bonchev–Trinajstić information content (AvgIpc) is 2.61. The Kier molecular flexibility index (Phi) is 13.1. The third-order valence-corrected chi connectivity index (χ3v) is 3.30. The molecule has 1 unspecified atom stereocenters. The van der Waals surface area contributed by atoms with Gasteiger partial charge in [-0.05, 0) is 38.4 Å². The van der Waals surface area contributed by atoms with Crippen LogP contribution >= 0.6 is 12.4 Å². The SMILES string of the molecule is C=CCOC(=O)C(CCCCNC)NC(=O)OCc1ccccc1.Cl. The molecular weight excluding hydrogens is 344 g/mol. The number of hydrogen-bond donors (Lipinski definition) is 2. The van der Waals surface area contributed by atoms with Crippen LogP contribution in [0.2, 0.25) is 0 Å². The molecule has 25 heavy (non-hydrogen) atoms. The van der Waals surface area contributed by atoms with Crippen LogP contribution in [0.3, 0.4) is 0 Å². The number of alkyl carbamates (subject to hydrolysis) is 1. The van der Waals surface area contributed by atoms with Crippen LogP contribution in [0.25, 0.3) is 0 Å². The predicted molar refractivity (Wildman–Crippen MR) is 99.7 cm³/mol. The van der Waals surface area contributed by atoms with Gasteiger partial charge in [0.25, 0.3) is 0 Å². The number of amides is 1. The molecule has 1 amide bonds. The van der Waals surface area contributed by atoms with Crippen LogP contribution in [0.5, 0.6) is 0 Å². The normalized spacial score (nSPS) is 10.9. The van der Waals surface area contributed by atoms with E-state index in [2.05, 4.69) is 17.2 Å². The largest absolute Gasteiger partial charge is 0.460 e. The predicted octanol–water partition coefficient (Wildman–Crippen LogP) is 2.82. The molecule has 1 aromatic carbocycles. The summed E-state index contributed by atoms with van der Waals surface area (Å²) in [5, 5.41) is 5.63. The van der Waals surface area contributed by atoms with Crippen LogP contribution in [-0.2, 0) is 20.9 Å². The molecule has 0 aliphatic heterocycles. The van der Waals surface area contributed by atoms with E-state index >= 15 is 0 Å². The van der Waals surface area contributed by atoms with Gasteiger partial charge in [-0.2, -0.15) is 0 Å². The van der Waals surface area contributed by atoms with Crippen molar-refractivity contribution in [3.05, 3.63) is 48.6 Å². The number of benzene rings is 1. The number of rotatable bonds is 11. The van der Waals surface area contributed by atoms with Gasteiger partial charge in [0.2, 0.25) is 0 Å². The highest BCUT2D eigenvalue weighted by Gasteiger charge is 2.22. The highest BCUT2D eigenvalue weighted by molar-refractivity contribution is 5.85. The maximum absolute atomic E-state index is 12.0. The lowest BCUT2D eigenvalue weighted by Crippen LogP contribution is -2.42. The number of carbonyl (C=O) groups is 2. The van der Waals surface area contributed by atoms with Crippen molar-refractivity contribution in [1.29, 1.82) is 0 Å². The van der Waals surface area contributed by atoms with E-state index in [9.17, 15) is 9.59 Å². The maximum atomic E-state index is 12.0. The lowest BCUT2D eigenvalue weighted by Gasteiger charge is -2.17. The summed E-state index contributed by atoms with van der Waals surface area (Å²) < 4.78 is 10.2. The monoisotopic (exact) mass is 370 g/mol. The fourth-order valence-corrected chi connectivity index (χ4v) is 2.05. The van der Waals surface area contributed by atoms with E-state index in [1.165, 1.54) is 6.08 Å². The lowest BCUT2D eigenvalue weighted by atomic mass is 10.1. The Hall–Kier alpha value is -2.05. The molecule has 0 aliphatic carbocycles. The van der Waals surface area contributed by atoms with Crippen molar-refractivity contribution < 1.29 is 19.1 Å². The minimum atomic E-state index is -0.718. The van der Waals surface area contributed by atoms with E-state index in [1.807, 2.05) is 37.4 Å². The van der Waals surface area contributed by atoms with Crippen LogP contribution in [0.15, 0.2) is 43.0 Å². The lowest BCUT2D eigenvalue weighted by molar-refractivity contribution is -0.145. The van der Waals surface area contributed by atoms with Crippen molar-refractivity contribution in [3.63, 3.8) is 0 Å². The summed E-state index contributed by atoms with van der Waals surface area (Å²) >= 11 is 0. The molecule has 0 fully saturated rings. The zero-order chi connectivity index (χ0) is 17.6. The zero-order valence-electron chi connectivity index (χ0n) is 14.5. The summed E-state index contributed by atoms with van der Waals surface area (Å²) in [6, 6.07) is 8.63. The summed E-state index contributed by atoms with van der Waals surface area (Å²) in [4.78, 5) is 23.9. The Morgan fingerprint density at radius 1 is 1.20 bits per heavy atom. The second kappa shape index (κ2) is 14.3. The minimum Gasteiger partial charge on any atom is -0.460 e. The summed E-state index contributed by atoms with van der Waals surface area (Å²) in [7, 11) is 1.87.